The van der Waals surface area contributed by atoms with Gasteiger partial charge in [-0.15, -0.1) is 0 Å². The summed E-state index contributed by atoms with van der Waals surface area (Å²) in [4.78, 5) is 17.3. The molecule has 1 atom stereocenters. The molecule has 0 bridgehead atoms. The number of hydrogen-bond donors (Lipinski definition) is 0. The third kappa shape index (κ3) is 2.94. The van der Waals surface area contributed by atoms with Crippen molar-refractivity contribution in [1.82, 2.24) is 9.88 Å². The molecule has 5 heteroatoms. The van der Waals surface area contributed by atoms with Crippen LogP contribution in [0.3, 0.4) is 0 Å². The smallest absolute Gasteiger partial charge is 0.264 e. The molecule has 20 heavy (non-hydrogen) atoms. The van der Waals surface area contributed by atoms with Gasteiger partial charge in [0.2, 0.25) is 0 Å². The zero-order chi connectivity index (χ0) is 14.8. The van der Waals surface area contributed by atoms with Crippen LogP contribution >= 0.6 is 11.8 Å². The standard InChI is InChI=1S/C15H18N2O2S/c1-15(19-4,14(18)17(2)3)20-13-10-9-11-7-5-6-8-12(11)16-13/h5-10H,1-4H3. The molecule has 1 aromatic heterocycles. The zero-order valence-corrected chi connectivity index (χ0v) is 12.9. The lowest BCUT2D eigenvalue weighted by molar-refractivity contribution is -0.141. The third-order valence-electron chi connectivity index (χ3n) is 3.06. The maximum Gasteiger partial charge on any atom is 0.264 e. The maximum absolute atomic E-state index is 12.2. The Morgan fingerprint density at radius 1 is 1.25 bits per heavy atom. The van der Waals surface area contributed by atoms with Gasteiger partial charge in [-0.05, 0) is 19.1 Å². The highest BCUT2D eigenvalue weighted by Crippen LogP contribution is 2.34. The number of carbonyl (C=O) groups excluding carboxylic acids is 1. The van der Waals surface area contributed by atoms with E-state index in [0.717, 1.165) is 15.9 Å². The minimum absolute atomic E-state index is 0.0973. The van der Waals surface area contributed by atoms with Crippen LogP contribution in [0.2, 0.25) is 0 Å². The minimum atomic E-state index is -0.973. The molecule has 1 unspecified atom stereocenters. The summed E-state index contributed by atoms with van der Waals surface area (Å²) in [7, 11) is 4.97. The number of hydrogen-bond acceptors (Lipinski definition) is 4. The molecule has 4 nitrogen and oxygen atoms in total. The van der Waals surface area contributed by atoms with Crippen molar-refractivity contribution in [1.29, 1.82) is 0 Å². The lowest BCUT2D eigenvalue weighted by atomic mass is 10.2. The highest BCUT2D eigenvalue weighted by atomic mass is 32.2. The van der Waals surface area contributed by atoms with Crippen molar-refractivity contribution >= 4 is 28.6 Å². The minimum Gasteiger partial charge on any atom is -0.358 e. The first-order chi connectivity index (χ1) is 9.46. The number of likely N-dealkylation sites (N-methyl/N-ethyl adjacent to an activating group) is 1. The Morgan fingerprint density at radius 2 is 1.95 bits per heavy atom. The van der Waals surface area contributed by atoms with Gasteiger partial charge in [-0.25, -0.2) is 4.98 Å². The number of nitrogens with zero attached hydrogens (tertiary/aromatic N) is 2. The molecule has 0 saturated carbocycles. The number of ether oxygens (including phenoxy) is 1. The first-order valence-electron chi connectivity index (χ1n) is 6.28. The van der Waals surface area contributed by atoms with Gasteiger partial charge >= 0.3 is 0 Å². The predicted octanol–water partition coefficient (Wildman–Crippen LogP) is 2.78. The lowest BCUT2D eigenvalue weighted by Gasteiger charge is -2.28. The van der Waals surface area contributed by atoms with Crippen LogP contribution in [-0.2, 0) is 9.53 Å². The van der Waals surface area contributed by atoms with Crippen molar-refractivity contribution in [2.75, 3.05) is 21.2 Å². The van der Waals surface area contributed by atoms with Gasteiger partial charge in [0.1, 0.15) is 0 Å². The Labute approximate surface area is 123 Å². The molecule has 0 fully saturated rings. The number of benzene rings is 1. The highest BCUT2D eigenvalue weighted by molar-refractivity contribution is 8.01. The van der Waals surface area contributed by atoms with Crippen LogP contribution in [0.15, 0.2) is 41.4 Å². The number of thioether (sulfide) groups is 1. The zero-order valence-electron chi connectivity index (χ0n) is 12.1. The van der Waals surface area contributed by atoms with E-state index in [1.54, 1.807) is 21.0 Å². The molecular formula is C15H18N2O2S. The number of carbonyl (C=O) groups is 1. The summed E-state index contributed by atoms with van der Waals surface area (Å²) in [5.74, 6) is -0.0973. The Kier molecular flexibility index (Phi) is 4.30. The van der Waals surface area contributed by atoms with Gasteiger partial charge < -0.3 is 9.64 Å². The topological polar surface area (TPSA) is 42.4 Å². The summed E-state index contributed by atoms with van der Waals surface area (Å²) in [5, 5.41) is 1.85. The predicted molar refractivity (Wildman–Crippen MR) is 81.7 cm³/mol. The number of amides is 1. The first kappa shape index (κ1) is 14.8. The van der Waals surface area contributed by atoms with E-state index in [4.69, 9.17) is 4.74 Å². The molecule has 1 amide bonds. The summed E-state index contributed by atoms with van der Waals surface area (Å²) >= 11 is 1.32. The average molecular weight is 290 g/mol. The van der Waals surface area contributed by atoms with Crippen LogP contribution in [0.4, 0.5) is 0 Å². The van der Waals surface area contributed by atoms with Gasteiger partial charge in [-0.3, -0.25) is 4.79 Å². The Bertz CT molecular complexity index is 630. The van der Waals surface area contributed by atoms with E-state index in [1.165, 1.54) is 23.8 Å². The molecule has 0 saturated heterocycles. The van der Waals surface area contributed by atoms with Gasteiger partial charge in [-0.1, -0.05) is 36.0 Å². The van der Waals surface area contributed by atoms with Gasteiger partial charge in [0.25, 0.3) is 5.91 Å². The molecule has 1 heterocycles. The number of pyridine rings is 1. The van der Waals surface area contributed by atoms with Gasteiger partial charge in [0.05, 0.1) is 10.5 Å². The monoisotopic (exact) mass is 290 g/mol. The van der Waals surface area contributed by atoms with E-state index in [9.17, 15) is 4.79 Å². The molecule has 106 valence electrons. The van der Waals surface area contributed by atoms with Crippen LogP contribution < -0.4 is 0 Å². The molecule has 2 rings (SSSR count). The van der Waals surface area contributed by atoms with E-state index in [0.29, 0.717) is 0 Å². The van der Waals surface area contributed by atoms with E-state index >= 15 is 0 Å². The Balaban J connectivity index is 2.32. The van der Waals surface area contributed by atoms with Crippen LogP contribution in [0.25, 0.3) is 10.9 Å². The van der Waals surface area contributed by atoms with Crippen LogP contribution in [0.1, 0.15) is 6.92 Å². The van der Waals surface area contributed by atoms with Gasteiger partial charge in [0, 0.05) is 26.6 Å². The second-order valence-electron chi connectivity index (χ2n) is 4.79. The molecule has 1 aromatic carbocycles. The van der Waals surface area contributed by atoms with E-state index in [2.05, 4.69) is 4.98 Å². The van der Waals surface area contributed by atoms with Crippen LogP contribution in [-0.4, -0.2) is 41.9 Å². The molecule has 0 spiro atoms. The van der Waals surface area contributed by atoms with E-state index in [-0.39, 0.29) is 5.91 Å². The fraction of sp³-hybridized carbons (Fsp3) is 0.333. The first-order valence-corrected chi connectivity index (χ1v) is 7.09. The number of methoxy groups -OCH3 is 1. The molecule has 0 N–H and O–H groups in total. The molecule has 0 aliphatic carbocycles. The van der Waals surface area contributed by atoms with Crippen molar-refractivity contribution in [2.24, 2.45) is 0 Å². The summed E-state index contributed by atoms with van der Waals surface area (Å²) in [6, 6.07) is 11.8. The summed E-state index contributed by atoms with van der Waals surface area (Å²) in [6.45, 7) is 1.76. The van der Waals surface area contributed by atoms with E-state index < -0.39 is 4.93 Å². The number of rotatable bonds is 4. The average Bonchev–Trinajstić information content (AvgIpc) is 2.46. The van der Waals surface area contributed by atoms with Crippen molar-refractivity contribution in [3.63, 3.8) is 0 Å². The third-order valence-corrected chi connectivity index (χ3v) is 4.22. The fourth-order valence-corrected chi connectivity index (χ4v) is 2.91. The second kappa shape index (κ2) is 5.81. The molecular weight excluding hydrogens is 272 g/mol. The Morgan fingerprint density at radius 3 is 2.60 bits per heavy atom. The SMILES string of the molecule is COC(C)(Sc1ccc2ccccc2n1)C(=O)N(C)C. The van der Waals surface area contributed by atoms with Crippen molar-refractivity contribution < 1.29 is 9.53 Å². The number of para-hydroxylation sites is 1. The maximum atomic E-state index is 12.2. The highest BCUT2D eigenvalue weighted by Gasteiger charge is 2.36. The number of fused-ring (bicyclic) bond motifs is 1. The van der Waals surface area contributed by atoms with Crippen LogP contribution in [0.5, 0.6) is 0 Å². The lowest BCUT2D eigenvalue weighted by Crippen LogP contribution is -2.42. The molecule has 2 aromatic rings. The summed E-state index contributed by atoms with van der Waals surface area (Å²) in [6.07, 6.45) is 0. The Hall–Kier alpha value is -1.59. The van der Waals surface area contributed by atoms with Crippen molar-refractivity contribution in [3.8, 4) is 0 Å². The normalized spacial score (nSPS) is 14.0. The van der Waals surface area contributed by atoms with Crippen molar-refractivity contribution in [2.45, 2.75) is 16.9 Å². The van der Waals surface area contributed by atoms with Gasteiger partial charge in [0.15, 0.2) is 4.93 Å². The summed E-state index contributed by atoms with van der Waals surface area (Å²) in [5.41, 5.74) is 0.910. The van der Waals surface area contributed by atoms with Gasteiger partial charge in [-0.2, -0.15) is 0 Å². The summed E-state index contributed by atoms with van der Waals surface area (Å²) < 4.78 is 5.41. The molecule has 0 aliphatic heterocycles. The molecule has 0 aliphatic rings. The number of aromatic nitrogens is 1. The second-order valence-corrected chi connectivity index (χ2v) is 6.20. The quantitative estimate of drug-likeness (QED) is 0.641. The van der Waals surface area contributed by atoms with Crippen molar-refractivity contribution in [3.05, 3.63) is 36.4 Å². The fourth-order valence-electron chi connectivity index (χ4n) is 1.88. The molecule has 0 radical (unpaired) electrons. The van der Waals surface area contributed by atoms with E-state index in [1.807, 2.05) is 36.4 Å². The largest absolute Gasteiger partial charge is 0.358 e. The van der Waals surface area contributed by atoms with Crippen LogP contribution in [0, 0.1) is 0 Å².